The molecule has 3 saturated heterocycles. The number of rotatable bonds is 4. The standard InChI is InChI=1S/C22H39N3O4/c1-16-11-23(12-17(2)28-16)13-18-6-8-24(9-7-18)20(26)10-19-14-25(15-19)21(27)29-22(3,4)5/h16-19H,6-15H2,1-5H3/t16-,17+. The summed E-state index contributed by atoms with van der Waals surface area (Å²) < 4.78 is 11.2. The van der Waals surface area contributed by atoms with Crippen LogP contribution in [0.4, 0.5) is 4.79 Å². The summed E-state index contributed by atoms with van der Waals surface area (Å²) in [5.41, 5.74) is -0.473. The Morgan fingerprint density at radius 3 is 2.07 bits per heavy atom. The number of hydrogen-bond acceptors (Lipinski definition) is 5. The predicted molar refractivity (Wildman–Crippen MR) is 112 cm³/mol. The lowest BCUT2D eigenvalue weighted by molar-refractivity contribution is -0.135. The summed E-state index contributed by atoms with van der Waals surface area (Å²) in [7, 11) is 0. The minimum Gasteiger partial charge on any atom is -0.444 e. The van der Waals surface area contributed by atoms with Crippen molar-refractivity contribution in [3.05, 3.63) is 0 Å². The van der Waals surface area contributed by atoms with Gasteiger partial charge in [0.1, 0.15) is 5.60 Å². The second-order valence-corrected chi connectivity index (χ2v) is 10.3. The molecule has 29 heavy (non-hydrogen) atoms. The molecule has 2 amide bonds. The lowest BCUT2D eigenvalue weighted by atomic mass is 9.93. The highest BCUT2D eigenvalue weighted by Gasteiger charge is 2.36. The molecule has 3 aliphatic heterocycles. The fourth-order valence-corrected chi connectivity index (χ4v) is 4.71. The summed E-state index contributed by atoms with van der Waals surface area (Å²) in [5.74, 6) is 1.18. The molecule has 2 atom stereocenters. The topological polar surface area (TPSA) is 62.3 Å². The van der Waals surface area contributed by atoms with Gasteiger partial charge in [0.05, 0.1) is 12.2 Å². The molecule has 0 bridgehead atoms. The van der Waals surface area contributed by atoms with Gasteiger partial charge in [-0.15, -0.1) is 0 Å². The maximum atomic E-state index is 12.7. The summed E-state index contributed by atoms with van der Waals surface area (Å²) in [4.78, 5) is 30.9. The Morgan fingerprint density at radius 1 is 0.931 bits per heavy atom. The van der Waals surface area contributed by atoms with Crippen LogP contribution in [0.3, 0.4) is 0 Å². The van der Waals surface area contributed by atoms with Crippen molar-refractivity contribution >= 4 is 12.0 Å². The molecule has 0 radical (unpaired) electrons. The Balaban J connectivity index is 1.33. The van der Waals surface area contributed by atoms with Crippen LogP contribution in [0.25, 0.3) is 0 Å². The number of nitrogens with zero attached hydrogens (tertiary/aromatic N) is 3. The summed E-state index contributed by atoms with van der Waals surface area (Å²) >= 11 is 0. The normalized spacial score (nSPS) is 27.6. The third-order valence-electron chi connectivity index (χ3n) is 6.05. The lowest BCUT2D eigenvalue weighted by Gasteiger charge is -2.41. The summed E-state index contributed by atoms with van der Waals surface area (Å²) in [6, 6.07) is 0. The van der Waals surface area contributed by atoms with Crippen LogP contribution in [-0.4, -0.2) is 90.3 Å². The summed E-state index contributed by atoms with van der Waals surface area (Å²) in [6.45, 7) is 16.0. The number of likely N-dealkylation sites (tertiary alicyclic amines) is 2. The van der Waals surface area contributed by atoms with Crippen LogP contribution < -0.4 is 0 Å². The van der Waals surface area contributed by atoms with E-state index in [1.165, 1.54) is 0 Å². The van der Waals surface area contributed by atoms with Gasteiger partial charge < -0.3 is 19.3 Å². The molecule has 0 unspecified atom stereocenters. The molecule has 166 valence electrons. The van der Waals surface area contributed by atoms with Crippen molar-refractivity contribution in [1.29, 1.82) is 0 Å². The van der Waals surface area contributed by atoms with Gasteiger partial charge in [0.15, 0.2) is 0 Å². The summed E-state index contributed by atoms with van der Waals surface area (Å²) in [6.07, 6.45) is 3.06. The third-order valence-corrected chi connectivity index (χ3v) is 6.05. The van der Waals surface area contributed by atoms with E-state index >= 15 is 0 Å². The maximum absolute atomic E-state index is 12.7. The number of piperidine rings is 1. The third kappa shape index (κ3) is 6.57. The molecule has 0 N–H and O–H groups in total. The first-order chi connectivity index (χ1) is 13.6. The van der Waals surface area contributed by atoms with Crippen LogP contribution in [0.15, 0.2) is 0 Å². The van der Waals surface area contributed by atoms with Crippen LogP contribution in [0.2, 0.25) is 0 Å². The SMILES string of the molecule is C[C@@H]1CN(CC2CCN(C(=O)CC3CN(C(=O)OC(C)(C)C)C3)CC2)C[C@H](C)O1. The van der Waals surface area contributed by atoms with Crippen molar-refractivity contribution in [2.75, 3.05) is 45.8 Å². The Kier molecular flexibility index (Phi) is 7.10. The van der Waals surface area contributed by atoms with Gasteiger partial charge in [-0.3, -0.25) is 9.69 Å². The molecule has 0 aliphatic carbocycles. The Labute approximate surface area is 175 Å². The number of morpholine rings is 1. The number of amides is 2. The van der Waals surface area contributed by atoms with Crippen LogP contribution in [0.5, 0.6) is 0 Å². The second-order valence-electron chi connectivity index (χ2n) is 10.3. The van der Waals surface area contributed by atoms with Crippen molar-refractivity contribution in [2.45, 2.75) is 71.7 Å². The first-order valence-corrected chi connectivity index (χ1v) is 11.2. The van der Waals surface area contributed by atoms with E-state index in [4.69, 9.17) is 9.47 Å². The van der Waals surface area contributed by atoms with Crippen molar-refractivity contribution in [3.63, 3.8) is 0 Å². The maximum Gasteiger partial charge on any atom is 0.410 e. The largest absolute Gasteiger partial charge is 0.444 e. The van der Waals surface area contributed by atoms with Crippen LogP contribution in [-0.2, 0) is 14.3 Å². The molecule has 3 fully saturated rings. The average Bonchev–Trinajstić information content (AvgIpc) is 2.55. The molecular formula is C22H39N3O4. The predicted octanol–water partition coefficient (Wildman–Crippen LogP) is 2.59. The average molecular weight is 410 g/mol. The summed E-state index contributed by atoms with van der Waals surface area (Å²) in [5, 5.41) is 0. The molecule has 7 nitrogen and oxygen atoms in total. The van der Waals surface area contributed by atoms with E-state index in [1.54, 1.807) is 4.90 Å². The Morgan fingerprint density at radius 2 is 1.52 bits per heavy atom. The van der Waals surface area contributed by atoms with Crippen molar-refractivity contribution in [2.24, 2.45) is 11.8 Å². The van der Waals surface area contributed by atoms with Crippen LogP contribution in [0.1, 0.15) is 53.9 Å². The molecule has 3 rings (SSSR count). The van der Waals surface area contributed by atoms with Gasteiger partial charge in [-0.2, -0.15) is 0 Å². The zero-order chi connectivity index (χ0) is 21.2. The fourth-order valence-electron chi connectivity index (χ4n) is 4.71. The van der Waals surface area contributed by atoms with Crippen LogP contribution >= 0.6 is 0 Å². The number of ether oxygens (including phenoxy) is 2. The highest BCUT2D eigenvalue weighted by Crippen LogP contribution is 2.25. The van der Waals surface area contributed by atoms with Gasteiger partial charge in [-0.25, -0.2) is 4.79 Å². The lowest BCUT2D eigenvalue weighted by Crippen LogP contribution is -2.53. The first kappa shape index (κ1) is 22.3. The number of carbonyl (C=O) groups excluding carboxylic acids is 2. The van der Waals surface area contributed by atoms with Gasteiger partial charge in [-0.1, -0.05) is 0 Å². The van der Waals surface area contributed by atoms with E-state index in [0.29, 0.717) is 37.6 Å². The van der Waals surface area contributed by atoms with Crippen molar-refractivity contribution < 1.29 is 19.1 Å². The second kappa shape index (κ2) is 9.21. The first-order valence-electron chi connectivity index (χ1n) is 11.2. The van der Waals surface area contributed by atoms with E-state index in [0.717, 1.165) is 45.6 Å². The minimum absolute atomic E-state index is 0.242. The quantitative estimate of drug-likeness (QED) is 0.714. The molecule has 0 aromatic rings. The number of carbonyl (C=O) groups is 2. The molecule has 3 aliphatic rings. The highest BCUT2D eigenvalue weighted by atomic mass is 16.6. The Hall–Kier alpha value is -1.34. The highest BCUT2D eigenvalue weighted by molar-refractivity contribution is 5.77. The van der Waals surface area contributed by atoms with E-state index in [9.17, 15) is 9.59 Å². The van der Waals surface area contributed by atoms with Gasteiger partial charge in [0, 0.05) is 58.2 Å². The molecule has 0 saturated carbocycles. The molecule has 0 spiro atoms. The van der Waals surface area contributed by atoms with E-state index < -0.39 is 5.60 Å². The molecule has 3 heterocycles. The van der Waals surface area contributed by atoms with E-state index in [1.807, 2.05) is 25.7 Å². The zero-order valence-corrected chi connectivity index (χ0v) is 18.9. The monoisotopic (exact) mass is 409 g/mol. The van der Waals surface area contributed by atoms with Gasteiger partial charge in [0.2, 0.25) is 5.91 Å². The van der Waals surface area contributed by atoms with Crippen LogP contribution in [0, 0.1) is 11.8 Å². The van der Waals surface area contributed by atoms with E-state index in [-0.39, 0.29) is 17.9 Å². The van der Waals surface area contributed by atoms with Crippen molar-refractivity contribution in [1.82, 2.24) is 14.7 Å². The Bertz CT molecular complexity index is 567. The van der Waals surface area contributed by atoms with Gasteiger partial charge in [0.25, 0.3) is 0 Å². The molecule has 7 heteroatoms. The zero-order valence-electron chi connectivity index (χ0n) is 18.9. The fraction of sp³-hybridized carbons (Fsp3) is 0.909. The minimum atomic E-state index is -0.473. The molecule has 0 aromatic carbocycles. The van der Waals surface area contributed by atoms with Gasteiger partial charge >= 0.3 is 6.09 Å². The molecular weight excluding hydrogens is 370 g/mol. The molecule has 0 aromatic heterocycles. The van der Waals surface area contributed by atoms with E-state index in [2.05, 4.69) is 18.7 Å². The van der Waals surface area contributed by atoms with Gasteiger partial charge in [-0.05, 0) is 53.4 Å². The van der Waals surface area contributed by atoms with Crippen molar-refractivity contribution in [3.8, 4) is 0 Å². The number of hydrogen-bond donors (Lipinski definition) is 0. The smallest absolute Gasteiger partial charge is 0.410 e.